The van der Waals surface area contributed by atoms with E-state index in [4.69, 9.17) is 10.5 Å². The zero-order chi connectivity index (χ0) is 15.2. The summed E-state index contributed by atoms with van der Waals surface area (Å²) in [6, 6.07) is 7.74. The summed E-state index contributed by atoms with van der Waals surface area (Å²) in [6.45, 7) is 1.70. The molecule has 0 aromatic heterocycles. The Hall–Kier alpha value is -2.08. The lowest BCUT2D eigenvalue weighted by atomic mass is 10.1. The third-order valence-corrected chi connectivity index (χ3v) is 3.46. The van der Waals surface area contributed by atoms with Crippen LogP contribution in [-0.4, -0.2) is 61.4 Å². The maximum Gasteiger partial charge on any atom is 0.242 e. The number of nitrogens with zero attached hydrogens (tertiary/aromatic N) is 2. The minimum absolute atomic E-state index is 0.0410. The highest BCUT2D eigenvalue weighted by molar-refractivity contribution is 5.92. The number of amides is 2. The minimum Gasteiger partial charge on any atom is -0.492 e. The van der Waals surface area contributed by atoms with Crippen LogP contribution in [0.4, 0.5) is 0 Å². The topological polar surface area (TPSA) is 75.9 Å². The van der Waals surface area contributed by atoms with Gasteiger partial charge in [0.25, 0.3) is 0 Å². The fraction of sp³-hybridized carbons (Fsp3) is 0.467. The summed E-state index contributed by atoms with van der Waals surface area (Å²) in [7, 11) is 1.64. The summed E-state index contributed by atoms with van der Waals surface area (Å²) in [4.78, 5) is 26.3. The molecule has 1 heterocycles. The minimum atomic E-state index is -0.0426. The Balaban J connectivity index is 1.78. The van der Waals surface area contributed by atoms with E-state index in [0.29, 0.717) is 19.7 Å². The summed E-state index contributed by atoms with van der Waals surface area (Å²) < 4.78 is 5.60. The molecule has 1 aromatic rings. The first kappa shape index (κ1) is 15.3. The highest BCUT2D eigenvalue weighted by Crippen LogP contribution is 2.12. The van der Waals surface area contributed by atoms with Crippen LogP contribution in [0.2, 0.25) is 0 Å². The molecule has 0 bridgehead atoms. The van der Waals surface area contributed by atoms with Crippen molar-refractivity contribution >= 4 is 11.8 Å². The lowest BCUT2D eigenvalue weighted by molar-refractivity contribution is -0.149. The van der Waals surface area contributed by atoms with Gasteiger partial charge in [0.05, 0.1) is 19.6 Å². The van der Waals surface area contributed by atoms with Gasteiger partial charge in [0.2, 0.25) is 11.8 Å². The fourth-order valence-corrected chi connectivity index (χ4v) is 2.16. The van der Waals surface area contributed by atoms with E-state index in [9.17, 15) is 9.59 Å². The highest BCUT2D eigenvalue weighted by Gasteiger charge is 2.26. The smallest absolute Gasteiger partial charge is 0.242 e. The van der Waals surface area contributed by atoms with E-state index < -0.39 is 0 Å². The molecule has 1 aliphatic heterocycles. The Kier molecular flexibility index (Phi) is 5.16. The van der Waals surface area contributed by atoms with Crippen LogP contribution in [0.25, 0.3) is 0 Å². The summed E-state index contributed by atoms with van der Waals surface area (Å²) in [6.07, 6.45) is 0.845. The molecule has 0 atom stereocenters. The quantitative estimate of drug-likeness (QED) is 0.792. The first-order chi connectivity index (χ1) is 10.1. The van der Waals surface area contributed by atoms with Gasteiger partial charge in [-0.25, -0.2) is 0 Å². The Morgan fingerprint density at radius 1 is 1.14 bits per heavy atom. The van der Waals surface area contributed by atoms with Gasteiger partial charge >= 0.3 is 0 Å². The Morgan fingerprint density at radius 3 is 2.52 bits per heavy atom. The highest BCUT2D eigenvalue weighted by atomic mass is 16.5. The molecule has 0 unspecified atom stereocenters. The summed E-state index contributed by atoms with van der Waals surface area (Å²) in [5, 5.41) is 0. The number of benzene rings is 1. The molecular weight excluding hydrogens is 270 g/mol. The standard InChI is InChI=1S/C15H21N3O3/c1-17-10-15(20)18(11-14(17)19)8-9-21-13-4-2-12(3-5-13)6-7-16/h2-5H,6-11,16H2,1H3. The van der Waals surface area contributed by atoms with Crippen molar-refractivity contribution in [1.29, 1.82) is 0 Å². The number of ether oxygens (including phenoxy) is 1. The molecule has 1 fully saturated rings. The molecule has 2 amide bonds. The van der Waals surface area contributed by atoms with Crippen molar-refractivity contribution in [1.82, 2.24) is 9.80 Å². The first-order valence-electron chi connectivity index (χ1n) is 7.03. The largest absolute Gasteiger partial charge is 0.492 e. The number of nitrogens with two attached hydrogens (primary N) is 1. The molecular formula is C15H21N3O3. The van der Waals surface area contributed by atoms with E-state index in [1.807, 2.05) is 24.3 Å². The van der Waals surface area contributed by atoms with Gasteiger partial charge in [-0.15, -0.1) is 0 Å². The molecule has 2 N–H and O–H groups in total. The van der Waals surface area contributed by atoms with Crippen LogP contribution in [0.1, 0.15) is 5.56 Å². The Morgan fingerprint density at radius 2 is 1.86 bits per heavy atom. The molecule has 2 rings (SSSR count). The number of hydrogen-bond donors (Lipinski definition) is 1. The molecule has 0 aliphatic carbocycles. The maximum atomic E-state index is 11.8. The van der Waals surface area contributed by atoms with Gasteiger partial charge in [0.1, 0.15) is 12.4 Å². The van der Waals surface area contributed by atoms with Crippen LogP contribution in [-0.2, 0) is 16.0 Å². The zero-order valence-corrected chi connectivity index (χ0v) is 12.2. The van der Waals surface area contributed by atoms with Crippen LogP contribution >= 0.6 is 0 Å². The summed E-state index contributed by atoms with van der Waals surface area (Å²) in [5.41, 5.74) is 6.67. The molecule has 1 aromatic carbocycles. The first-order valence-corrected chi connectivity index (χ1v) is 7.03. The lowest BCUT2D eigenvalue weighted by Gasteiger charge is -2.31. The van der Waals surface area contributed by atoms with E-state index in [2.05, 4.69) is 0 Å². The third kappa shape index (κ3) is 4.19. The Bertz CT molecular complexity index is 501. The molecule has 1 aliphatic rings. The van der Waals surface area contributed by atoms with Crippen molar-refractivity contribution in [3.05, 3.63) is 29.8 Å². The SMILES string of the molecule is CN1CC(=O)N(CCOc2ccc(CCN)cc2)CC1=O. The van der Waals surface area contributed by atoms with Crippen LogP contribution in [0.3, 0.4) is 0 Å². The van der Waals surface area contributed by atoms with Crippen molar-refractivity contribution in [2.75, 3.05) is 39.8 Å². The van der Waals surface area contributed by atoms with Gasteiger partial charge in [0, 0.05) is 7.05 Å². The van der Waals surface area contributed by atoms with Crippen LogP contribution in [0.5, 0.6) is 5.75 Å². The van der Waals surface area contributed by atoms with Gasteiger partial charge in [-0.2, -0.15) is 0 Å². The van der Waals surface area contributed by atoms with Gasteiger partial charge in [-0.3, -0.25) is 9.59 Å². The van der Waals surface area contributed by atoms with E-state index in [-0.39, 0.29) is 24.9 Å². The van der Waals surface area contributed by atoms with Crippen molar-refractivity contribution < 1.29 is 14.3 Å². The molecule has 1 saturated heterocycles. The van der Waals surface area contributed by atoms with Crippen LogP contribution in [0, 0.1) is 0 Å². The molecule has 0 radical (unpaired) electrons. The zero-order valence-electron chi connectivity index (χ0n) is 12.2. The van der Waals surface area contributed by atoms with Crippen molar-refractivity contribution in [3.8, 4) is 5.75 Å². The van der Waals surface area contributed by atoms with E-state index in [1.165, 1.54) is 15.4 Å². The third-order valence-electron chi connectivity index (χ3n) is 3.46. The van der Waals surface area contributed by atoms with E-state index in [0.717, 1.165) is 12.2 Å². The second-order valence-electron chi connectivity index (χ2n) is 5.10. The van der Waals surface area contributed by atoms with Gasteiger partial charge in [-0.05, 0) is 30.7 Å². The predicted octanol–water partition coefficient (Wildman–Crippen LogP) is -0.133. The average Bonchev–Trinajstić information content (AvgIpc) is 2.46. The van der Waals surface area contributed by atoms with Gasteiger partial charge < -0.3 is 20.3 Å². The van der Waals surface area contributed by atoms with Crippen molar-refractivity contribution in [2.24, 2.45) is 5.73 Å². The summed E-state index contributed by atoms with van der Waals surface area (Å²) >= 11 is 0. The molecule has 21 heavy (non-hydrogen) atoms. The van der Waals surface area contributed by atoms with Gasteiger partial charge in [0.15, 0.2) is 0 Å². The number of hydrogen-bond acceptors (Lipinski definition) is 4. The van der Waals surface area contributed by atoms with Crippen LogP contribution in [0.15, 0.2) is 24.3 Å². The maximum absolute atomic E-state index is 11.8. The summed E-state index contributed by atoms with van der Waals surface area (Å²) in [5.74, 6) is 0.670. The number of carbonyl (C=O) groups is 2. The number of carbonyl (C=O) groups excluding carboxylic acids is 2. The number of rotatable bonds is 6. The van der Waals surface area contributed by atoms with Crippen molar-refractivity contribution in [3.63, 3.8) is 0 Å². The second-order valence-corrected chi connectivity index (χ2v) is 5.10. The molecule has 114 valence electrons. The molecule has 0 spiro atoms. The molecule has 0 saturated carbocycles. The van der Waals surface area contributed by atoms with E-state index in [1.54, 1.807) is 7.05 Å². The lowest BCUT2D eigenvalue weighted by Crippen LogP contribution is -2.53. The fourth-order valence-electron chi connectivity index (χ4n) is 2.16. The Labute approximate surface area is 124 Å². The molecule has 6 heteroatoms. The normalized spacial score (nSPS) is 15.5. The van der Waals surface area contributed by atoms with E-state index >= 15 is 0 Å². The van der Waals surface area contributed by atoms with Crippen molar-refractivity contribution in [2.45, 2.75) is 6.42 Å². The number of likely N-dealkylation sites (N-methyl/N-ethyl adjacent to an activating group) is 1. The second kappa shape index (κ2) is 7.08. The monoisotopic (exact) mass is 291 g/mol. The molecule has 6 nitrogen and oxygen atoms in total. The predicted molar refractivity (Wildman–Crippen MR) is 78.9 cm³/mol. The average molecular weight is 291 g/mol. The number of piperazine rings is 1. The van der Waals surface area contributed by atoms with Crippen LogP contribution < -0.4 is 10.5 Å². The van der Waals surface area contributed by atoms with Gasteiger partial charge in [-0.1, -0.05) is 12.1 Å².